The van der Waals surface area contributed by atoms with Crippen molar-refractivity contribution >= 4 is 23.3 Å². The molecule has 0 spiro atoms. The van der Waals surface area contributed by atoms with Gasteiger partial charge in [-0.25, -0.2) is 4.79 Å². The molecule has 0 bridgehead atoms. The molecule has 1 N–H and O–H groups in total. The molecule has 2 fully saturated rings. The predicted octanol–water partition coefficient (Wildman–Crippen LogP) is 1.74. The van der Waals surface area contributed by atoms with Gasteiger partial charge in [0, 0.05) is 44.0 Å². The highest BCUT2D eigenvalue weighted by molar-refractivity contribution is 5.98. The fourth-order valence-corrected chi connectivity index (χ4v) is 4.02. The largest absolute Gasteiger partial charge is 0.481 e. The Morgan fingerprint density at radius 1 is 1.32 bits per heavy atom. The van der Waals surface area contributed by atoms with Crippen LogP contribution in [0.15, 0.2) is 18.2 Å². The monoisotopic (exact) mass is 344 g/mol. The SMILES string of the molecule is C[C@H]1CN2CCC[C@H]2CN1C(=O)Nc1ccc2c(c1)OCC(=O)N2C. The Bertz CT molecular complexity index is 708. The fraction of sp³-hybridized carbons (Fsp3) is 0.556. The standard InChI is InChI=1S/C18H24N4O3/c1-12-9-21-7-3-4-14(21)10-22(12)18(24)19-13-5-6-15-16(8-13)25-11-17(23)20(15)2/h5-6,8,12,14H,3-4,7,9-11H2,1-2H3,(H,19,24)/t12-,14-/m0/s1. The molecule has 3 heterocycles. The molecule has 3 aliphatic heterocycles. The minimum absolute atomic E-state index is 0.0293. The summed E-state index contributed by atoms with van der Waals surface area (Å²) in [6, 6.07) is 6.03. The molecule has 0 aliphatic carbocycles. The van der Waals surface area contributed by atoms with Crippen molar-refractivity contribution < 1.29 is 14.3 Å². The maximum Gasteiger partial charge on any atom is 0.322 e. The number of fused-ring (bicyclic) bond motifs is 2. The van der Waals surface area contributed by atoms with Gasteiger partial charge in [-0.3, -0.25) is 9.69 Å². The van der Waals surface area contributed by atoms with Crippen LogP contribution in [-0.4, -0.2) is 67.1 Å². The number of rotatable bonds is 1. The molecular weight excluding hydrogens is 320 g/mol. The molecule has 7 nitrogen and oxygen atoms in total. The van der Waals surface area contributed by atoms with Crippen molar-refractivity contribution in [1.82, 2.24) is 9.80 Å². The van der Waals surface area contributed by atoms with Crippen molar-refractivity contribution in [2.45, 2.75) is 31.8 Å². The third-order valence-corrected chi connectivity index (χ3v) is 5.50. The lowest BCUT2D eigenvalue weighted by molar-refractivity contribution is -0.120. The third-order valence-electron chi connectivity index (χ3n) is 5.50. The average Bonchev–Trinajstić information content (AvgIpc) is 3.04. The molecule has 2 atom stereocenters. The van der Waals surface area contributed by atoms with Crippen molar-refractivity contribution in [1.29, 1.82) is 0 Å². The quantitative estimate of drug-likeness (QED) is 0.843. The molecule has 3 aliphatic rings. The van der Waals surface area contributed by atoms with Crippen LogP contribution in [0.2, 0.25) is 0 Å². The van der Waals surface area contributed by atoms with Crippen molar-refractivity contribution in [2.24, 2.45) is 0 Å². The molecule has 0 radical (unpaired) electrons. The van der Waals surface area contributed by atoms with Gasteiger partial charge in [-0.2, -0.15) is 0 Å². The first-order valence-electron chi connectivity index (χ1n) is 8.88. The zero-order valence-corrected chi connectivity index (χ0v) is 14.7. The average molecular weight is 344 g/mol. The van der Waals surface area contributed by atoms with Crippen LogP contribution in [0.3, 0.4) is 0 Å². The number of nitrogens with one attached hydrogen (secondary N) is 1. The van der Waals surface area contributed by atoms with Crippen molar-refractivity contribution in [2.75, 3.05) is 43.5 Å². The van der Waals surface area contributed by atoms with E-state index in [2.05, 4.69) is 17.1 Å². The van der Waals surface area contributed by atoms with Crippen LogP contribution in [0.5, 0.6) is 5.75 Å². The van der Waals surface area contributed by atoms with Gasteiger partial charge < -0.3 is 19.9 Å². The summed E-state index contributed by atoms with van der Waals surface area (Å²) in [5.41, 5.74) is 1.41. The smallest absolute Gasteiger partial charge is 0.322 e. The van der Waals surface area contributed by atoms with Gasteiger partial charge in [0.05, 0.1) is 5.69 Å². The van der Waals surface area contributed by atoms with Crippen molar-refractivity contribution in [3.05, 3.63) is 18.2 Å². The number of amides is 3. The van der Waals surface area contributed by atoms with Gasteiger partial charge in [-0.05, 0) is 38.4 Å². The van der Waals surface area contributed by atoms with Crippen LogP contribution >= 0.6 is 0 Å². The molecule has 1 aromatic rings. The highest BCUT2D eigenvalue weighted by Gasteiger charge is 2.36. The van der Waals surface area contributed by atoms with Gasteiger partial charge in [-0.1, -0.05) is 0 Å². The Morgan fingerprint density at radius 3 is 3.00 bits per heavy atom. The Hall–Kier alpha value is -2.28. The van der Waals surface area contributed by atoms with Crippen molar-refractivity contribution in [3.63, 3.8) is 0 Å². The van der Waals surface area contributed by atoms with Gasteiger partial charge in [0.1, 0.15) is 5.75 Å². The summed E-state index contributed by atoms with van der Waals surface area (Å²) >= 11 is 0. The van der Waals surface area contributed by atoms with E-state index in [1.165, 1.54) is 12.8 Å². The maximum absolute atomic E-state index is 12.7. The summed E-state index contributed by atoms with van der Waals surface area (Å²) in [6.07, 6.45) is 2.39. The topological polar surface area (TPSA) is 65.1 Å². The normalized spacial score (nSPS) is 26.1. The molecule has 1 aromatic carbocycles. The number of piperazine rings is 1. The second-order valence-electron chi connectivity index (χ2n) is 7.15. The molecule has 3 amide bonds. The molecule has 2 saturated heterocycles. The highest BCUT2D eigenvalue weighted by atomic mass is 16.5. The summed E-state index contributed by atoms with van der Waals surface area (Å²) in [6.45, 7) is 5.01. The lowest BCUT2D eigenvalue weighted by Crippen LogP contribution is -2.57. The van der Waals surface area contributed by atoms with Gasteiger partial charge in [0.2, 0.25) is 0 Å². The van der Waals surface area contributed by atoms with E-state index in [-0.39, 0.29) is 24.6 Å². The molecule has 0 aromatic heterocycles. The fourth-order valence-electron chi connectivity index (χ4n) is 4.02. The number of likely N-dealkylation sites (N-methyl/N-ethyl adjacent to an activating group) is 1. The summed E-state index contributed by atoms with van der Waals surface area (Å²) in [7, 11) is 1.73. The Labute approximate surface area is 147 Å². The number of carbonyl (C=O) groups is 2. The highest BCUT2D eigenvalue weighted by Crippen LogP contribution is 2.34. The van der Waals surface area contributed by atoms with Crippen LogP contribution in [0, 0.1) is 0 Å². The van der Waals surface area contributed by atoms with E-state index in [0.717, 1.165) is 25.3 Å². The van der Waals surface area contributed by atoms with E-state index >= 15 is 0 Å². The lowest BCUT2D eigenvalue weighted by atomic mass is 10.1. The number of urea groups is 1. The number of ether oxygens (including phenoxy) is 1. The molecule has 4 rings (SSSR count). The summed E-state index contributed by atoms with van der Waals surface area (Å²) < 4.78 is 5.49. The second kappa shape index (κ2) is 6.22. The van der Waals surface area contributed by atoms with Gasteiger partial charge >= 0.3 is 6.03 Å². The first-order chi connectivity index (χ1) is 12.0. The number of hydrogen-bond acceptors (Lipinski definition) is 4. The number of benzene rings is 1. The van der Waals surface area contributed by atoms with Gasteiger partial charge in [0.25, 0.3) is 5.91 Å². The Morgan fingerprint density at radius 2 is 2.16 bits per heavy atom. The molecule has 25 heavy (non-hydrogen) atoms. The summed E-state index contributed by atoms with van der Waals surface area (Å²) in [4.78, 5) is 30.4. The van der Waals surface area contributed by atoms with Crippen LogP contribution in [0.1, 0.15) is 19.8 Å². The third kappa shape index (κ3) is 2.93. The summed E-state index contributed by atoms with van der Waals surface area (Å²) in [5.74, 6) is 0.543. The predicted molar refractivity (Wildman–Crippen MR) is 95.1 cm³/mol. The van der Waals surface area contributed by atoms with Crippen LogP contribution in [0.25, 0.3) is 0 Å². The van der Waals surface area contributed by atoms with E-state index in [1.54, 1.807) is 24.1 Å². The van der Waals surface area contributed by atoms with E-state index in [9.17, 15) is 9.59 Å². The van der Waals surface area contributed by atoms with E-state index < -0.39 is 0 Å². The maximum atomic E-state index is 12.7. The Balaban J connectivity index is 1.47. The van der Waals surface area contributed by atoms with E-state index in [0.29, 0.717) is 17.5 Å². The van der Waals surface area contributed by atoms with Crippen LogP contribution in [0.4, 0.5) is 16.2 Å². The van der Waals surface area contributed by atoms with Gasteiger partial charge in [0.15, 0.2) is 6.61 Å². The number of hydrogen-bond donors (Lipinski definition) is 1. The zero-order valence-electron chi connectivity index (χ0n) is 14.7. The molecule has 134 valence electrons. The first kappa shape index (κ1) is 16.2. The second-order valence-corrected chi connectivity index (χ2v) is 7.15. The molecule has 0 saturated carbocycles. The minimum Gasteiger partial charge on any atom is -0.481 e. The first-order valence-corrected chi connectivity index (χ1v) is 8.88. The zero-order chi connectivity index (χ0) is 17.6. The molecule has 7 heteroatoms. The van der Waals surface area contributed by atoms with E-state index in [4.69, 9.17) is 4.74 Å². The number of carbonyl (C=O) groups excluding carboxylic acids is 2. The van der Waals surface area contributed by atoms with Gasteiger partial charge in [-0.15, -0.1) is 0 Å². The number of nitrogens with zero attached hydrogens (tertiary/aromatic N) is 3. The Kier molecular flexibility index (Phi) is 4.03. The minimum atomic E-state index is -0.0763. The van der Waals surface area contributed by atoms with Crippen molar-refractivity contribution in [3.8, 4) is 5.75 Å². The van der Waals surface area contributed by atoms with E-state index in [1.807, 2.05) is 11.0 Å². The number of anilines is 2. The summed E-state index contributed by atoms with van der Waals surface area (Å²) in [5, 5.41) is 2.98. The molecule has 0 unspecified atom stereocenters. The van der Waals surface area contributed by atoms with Crippen LogP contribution < -0.4 is 15.0 Å². The van der Waals surface area contributed by atoms with Crippen LogP contribution in [-0.2, 0) is 4.79 Å². The lowest BCUT2D eigenvalue weighted by Gasteiger charge is -2.42. The molecular formula is C18H24N4O3.